The third kappa shape index (κ3) is 49.4. The van der Waals surface area contributed by atoms with Crippen LogP contribution in [0.1, 0.15) is 213 Å². The summed E-state index contributed by atoms with van der Waals surface area (Å²) >= 11 is 0. The van der Waals surface area contributed by atoms with Gasteiger partial charge in [-0.25, -0.2) is 4.57 Å². The van der Waals surface area contributed by atoms with Gasteiger partial charge in [-0.2, -0.15) is 0 Å². The number of ether oxygens (including phenoxy) is 3. The van der Waals surface area contributed by atoms with Crippen LogP contribution in [0.4, 0.5) is 0 Å². The number of phosphoric ester groups is 1. The Balaban J connectivity index is 4.85. The van der Waals surface area contributed by atoms with Gasteiger partial charge < -0.3 is 24.2 Å². The van der Waals surface area contributed by atoms with E-state index < -0.39 is 57.8 Å². The van der Waals surface area contributed by atoms with Crippen LogP contribution in [0.3, 0.4) is 0 Å². The minimum atomic E-state index is -4.77. The standard InChI is InChI=1S/C58H97O11P/c1-4-7-10-13-16-19-22-24-25-26-27-28-29-31-34-37-40-43-46-49-58(62)69-55(51-65-56(60)47-44-41-38-35-32-21-18-15-12-9-6-3)53-67-70(63,64)66-52-54(50-59)68-57(61)48-45-42-39-36-33-30-23-20-17-14-11-8-5-2/h7,10,15-16,18-20,23-25,27-28,31,34,40,43,54-55,59H,4-6,8-9,11-14,17,21-22,26,29-30,32-33,35-39,41-42,44-53H2,1-3H3,(H,63,64)/b10-7-,18-15-,19-16-,23-20-,25-24-,28-27-,34-31-,43-40-. The number of carbonyl (C=O) groups is 3. The number of esters is 3. The van der Waals surface area contributed by atoms with Gasteiger partial charge in [-0.05, 0) is 103 Å². The first-order valence-corrected chi connectivity index (χ1v) is 28.6. The fraction of sp³-hybridized carbons (Fsp3) is 0.672. The Morgan fingerprint density at radius 3 is 1.27 bits per heavy atom. The number of aliphatic hydroxyl groups excluding tert-OH is 1. The average molecular weight is 1000 g/mol. The third-order valence-electron chi connectivity index (χ3n) is 11.0. The molecule has 0 bridgehead atoms. The molecule has 0 heterocycles. The Kier molecular flexibility index (Phi) is 49.1. The van der Waals surface area contributed by atoms with E-state index >= 15 is 0 Å². The van der Waals surface area contributed by atoms with E-state index in [2.05, 4.69) is 106 Å². The van der Waals surface area contributed by atoms with Crippen LogP contribution in [0.15, 0.2) is 97.2 Å². The van der Waals surface area contributed by atoms with Crippen molar-refractivity contribution in [1.82, 2.24) is 0 Å². The van der Waals surface area contributed by atoms with Crippen LogP contribution in [-0.2, 0) is 42.2 Å². The Bertz CT molecular complexity index is 1540. The predicted octanol–water partition coefficient (Wildman–Crippen LogP) is 15.7. The second-order valence-electron chi connectivity index (χ2n) is 17.7. The molecule has 0 amide bonds. The molecule has 0 aliphatic rings. The molecule has 0 spiro atoms. The summed E-state index contributed by atoms with van der Waals surface area (Å²) in [6, 6.07) is 0. The third-order valence-corrected chi connectivity index (χ3v) is 11.9. The highest BCUT2D eigenvalue weighted by Gasteiger charge is 2.28. The van der Waals surface area contributed by atoms with Crippen molar-refractivity contribution in [3.05, 3.63) is 97.2 Å². The number of hydrogen-bond donors (Lipinski definition) is 2. The summed E-state index contributed by atoms with van der Waals surface area (Å²) < 4.78 is 39.3. The predicted molar refractivity (Wildman–Crippen MR) is 288 cm³/mol. The number of aliphatic hydroxyl groups is 1. The highest BCUT2D eigenvalue weighted by Crippen LogP contribution is 2.43. The molecule has 0 aliphatic carbocycles. The molecule has 0 rings (SSSR count). The van der Waals surface area contributed by atoms with Crippen LogP contribution in [0.2, 0.25) is 0 Å². The van der Waals surface area contributed by atoms with Crippen molar-refractivity contribution in [2.75, 3.05) is 26.4 Å². The maximum Gasteiger partial charge on any atom is 0.472 e. The van der Waals surface area contributed by atoms with E-state index in [1.54, 1.807) is 0 Å². The normalized spacial score (nSPS) is 14.2. The zero-order valence-corrected chi connectivity index (χ0v) is 44.8. The van der Waals surface area contributed by atoms with Gasteiger partial charge in [0.05, 0.1) is 19.8 Å². The summed E-state index contributed by atoms with van der Waals surface area (Å²) in [5.74, 6) is -1.60. The van der Waals surface area contributed by atoms with Crippen molar-refractivity contribution in [1.29, 1.82) is 0 Å². The number of phosphoric acid groups is 1. The summed E-state index contributed by atoms with van der Waals surface area (Å²) in [4.78, 5) is 48.3. The SMILES string of the molecule is CC/C=C\C/C=C\C/C=C\C/C=C\C/C=C\C/C=C\CCC(=O)OC(COC(=O)CCCCCCC/C=C\CCCC)COP(=O)(O)OCC(CO)OC(=O)CCCCCCC/C=C\CCCCCC. The average Bonchev–Trinajstić information content (AvgIpc) is 3.35. The van der Waals surface area contributed by atoms with Crippen molar-refractivity contribution in [2.24, 2.45) is 0 Å². The molecule has 2 N–H and O–H groups in total. The summed E-state index contributed by atoms with van der Waals surface area (Å²) in [7, 11) is -4.77. The van der Waals surface area contributed by atoms with Gasteiger partial charge in [0.15, 0.2) is 6.10 Å². The Labute approximate surface area is 425 Å². The first-order valence-electron chi connectivity index (χ1n) is 27.1. The first kappa shape index (κ1) is 66.4. The number of carbonyl (C=O) groups excluding carboxylic acids is 3. The summed E-state index contributed by atoms with van der Waals surface area (Å²) in [6.07, 6.45) is 59.6. The topological polar surface area (TPSA) is 155 Å². The smallest absolute Gasteiger partial charge is 0.462 e. The highest BCUT2D eigenvalue weighted by atomic mass is 31.2. The Morgan fingerprint density at radius 1 is 0.414 bits per heavy atom. The van der Waals surface area contributed by atoms with E-state index in [-0.39, 0.29) is 25.9 Å². The lowest BCUT2D eigenvalue weighted by Gasteiger charge is -2.21. The molecule has 0 aromatic rings. The minimum absolute atomic E-state index is 0.0366. The molecule has 0 aromatic heterocycles. The molecule has 70 heavy (non-hydrogen) atoms. The second-order valence-corrected chi connectivity index (χ2v) is 19.1. The molecule has 0 saturated carbocycles. The van der Waals surface area contributed by atoms with Crippen LogP contribution in [-0.4, -0.2) is 66.5 Å². The molecule has 11 nitrogen and oxygen atoms in total. The number of allylic oxidation sites excluding steroid dienone is 16. The largest absolute Gasteiger partial charge is 0.472 e. The monoisotopic (exact) mass is 1000 g/mol. The fourth-order valence-corrected chi connectivity index (χ4v) is 7.61. The molecule has 3 atom stereocenters. The van der Waals surface area contributed by atoms with Crippen LogP contribution in [0.5, 0.6) is 0 Å². The van der Waals surface area contributed by atoms with Crippen LogP contribution >= 0.6 is 7.82 Å². The molecular formula is C58H97O11P. The Hall–Kier alpha value is -3.60. The van der Waals surface area contributed by atoms with E-state index in [0.717, 1.165) is 109 Å². The van der Waals surface area contributed by atoms with Crippen LogP contribution < -0.4 is 0 Å². The maximum atomic E-state index is 12.9. The molecule has 0 fully saturated rings. The highest BCUT2D eigenvalue weighted by molar-refractivity contribution is 7.47. The number of rotatable bonds is 49. The molecule has 0 aliphatic heterocycles. The second kappa shape index (κ2) is 51.7. The van der Waals surface area contributed by atoms with Crippen molar-refractivity contribution in [2.45, 2.75) is 226 Å². The summed E-state index contributed by atoms with van der Waals surface area (Å²) in [5.41, 5.74) is 0. The van der Waals surface area contributed by atoms with Gasteiger partial charge in [0, 0.05) is 19.3 Å². The van der Waals surface area contributed by atoms with Gasteiger partial charge in [-0.1, -0.05) is 189 Å². The zero-order chi connectivity index (χ0) is 51.3. The lowest BCUT2D eigenvalue weighted by atomic mass is 10.1. The van der Waals surface area contributed by atoms with Gasteiger partial charge in [0.2, 0.25) is 0 Å². The Morgan fingerprint density at radius 2 is 0.786 bits per heavy atom. The maximum absolute atomic E-state index is 12.9. The molecule has 400 valence electrons. The van der Waals surface area contributed by atoms with Crippen LogP contribution in [0, 0.1) is 0 Å². The van der Waals surface area contributed by atoms with Gasteiger partial charge in [0.1, 0.15) is 12.7 Å². The van der Waals surface area contributed by atoms with E-state index in [9.17, 15) is 28.9 Å². The molecular weight excluding hydrogens is 904 g/mol. The van der Waals surface area contributed by atoms with Gasteiger partial charge in [-0.15, -0.1) is 0 Å². The van der Waals surface area contributed by atoms with Crippen molar-refractivity contribution in [3.63, 3.8) is 0 Å². The van der Waals surface area contributed by atoms with Gasteiger partial charge in [-0.3, -0.25) is 23.4 Å². The van der Waals surface area contributed by atoms with Crippen molar-refractivity contribution >= 4 is 25.7 Å². The van der Waals surface area contributed by atoms with Gasteiger partial charge >= 0.3 is 25.7 Å². The first-order chi connectivity index (χ1) is 34.2. The van der Waals surface area contributed by atoms with Crippen LogP contribution in [0.25, 0.3) is 0 Å². The quantitative estimate of drug-likeness (QED) is 0.0197. The summed E-state index contributed by atoms with van der Waals surface area (Å²) in [5, 5.41) is 9.78. The van der Waals surface area contributed by atoms with E-state index in [4.69, 9.17) is 23.3 Å². The molecule has 0 radical (unpaired) electrons. The van der Waals surface area contributed by atoms with E-state index in [1.165, 1.54) is 38.5 Å². The minimum Gasteiger partial charge on any atom is -0.462 e. The number of hydrogen-bond acceptors (Lipinski definition) is 10. The van der Waals surface area contributed by atoms with E-state index in [1.807, 2.05) is 12.2 Å². The lowest BCUT2D eigenvalue weighted by Crippen LogP contribution is -2.30. The summed E-state index contributed by atoms with van der Waals surface area (Å²) in [6.45, 7) is 4.35. The zero-order valence-electron chi connectivity index (χ0n) is 43.9. The molecule has 0 saturated heterocycles. The molecule has 0 aromatic carbocycles. The van der Waals surface area contributed by atoms with E-state index in [0.29, 0.717) is 25.7 Å². The van der Waals surface area contributed by atoms with Gasteiger partial charge in [0.25, 0.3) is 0 Å². The van der Waals surface area contributed by atoms with Crippen molar-refractivity contribution in [3.8, 4) is 0 Å². The fourth-order valence-electron chi connectivity index (χ4n) is 6.83. The molecule has 12 heteroatoms. The lowest BCUT2D eigenvalue weighted by molar-refractivity contribution is -0.161. The van der Waals surface area contributed by atoms with Crippen molar-refractivity contribution < 1.29 is 52.2 Å². The number of unbranched alkanes of at least 4 members (excludes halogenated alkanes) is 16. The molecule has 3 unspecified atom stereocenters.